The second-order valence-corrected chi connectivity index (χ2v) is 4.40. The molecule has 1 aromatic rings. The predicted molar refractivity (Wildman–Crippen MR) is 79.6 cm³/mol. The molecule has 4 heteroatoms. The van der Waals surface area contributed by atoms with Gasteiger partial charge in [-0.1, -0.05) is 30.7 Å². The van der Waals surface area contributed by atoms with Crippen molar-refractivity contribution in [1.29, 1.82) is 0 Å². The van der Waals surface area contributed by atoms with Crippen LogP contribution < -0.4 is 0 Å². The van der Waals surface area contributed by atoms with Crippen molar-refractivity contribution in [2.24, 2.45) is 4.99 Å². The molecule has 1 aromatic carbocycles. The van der Waals surface area contributed by atoms with Crippen molar-refractivity contribution in [2.45, 2.75) is 27.2 Å². The van der Waals surface area contributed by atoms with Gasteiger partial charge in [0.15, 0.2) is 0 Å². The number of benzene rings is 1. The van der Waals surface area contributed by atoms with Crippen LogP contribution in [0.25, 0.3) is 6.08 Å². The molecule has 0 bridgehead atoms. The van der Waals surface area contributed by atoms with Crippen LogP contribution in [0.2, 0.25) is 5.02 Å². The molecule has 0 unspecified atom stereocenters. The summed E-state index contributed by atoms with van der Waals surface area (Å²) < 4.78 is 4.97. The molecule has 0 N–H and O–H groups in total. The largest absolute Gasteiger partial charge is 0.461 e. The first-order valence-electron chi connectivity index (χ1n) is 6.26. The Kier molecular flexibility index (Phi) is 6.30. The van der Waals surface area contributed by atoms with Crippen LogP contribution in [0, 0.1) is 6.92 Å². The molecule has 0 atom stereocenters. The minimum Gasteiger partial charge on any atom is -0.461 e. The van der Waals surface area contributed by atoms with Crippen molar-refractivity contribution >= 4 is 29.9 Å². The predicted octanol–water partition coefficient (Wildman–Crippen LogP) is 4.03. The van der Waals surface area contributed by atoms with Crippen LogP contribution in [-0.4, -0.2) is 18.8 Å². The van der Waals surface area contributed by atoms with E-state index in [2.05, 4.69) is 4.99 Å². The van der Waals surface area contributed by atoms with Crippen LogP contribution in [0.5, 0.6) is 0 Å². The molecular formula is C15H18ClNO2. The van der Waals surface area contributed by atoms with E-state index in [9.17, 15) is 4.79 Å². The van der Waals surface area contributed by atoms with E-state index in [0.717, 1.165) is 17.5 Å². The first-order chi connectivity index (χ1) is 9.08. The van der Waals surface area contributed by atoms with Gasteiger partial charge >= 0.3 is 5.97 Å². The summed E-state index contributed by atoms with van der Waals surface area (Å²) in [6.45, 7) is 5.99. The van der Waals surface area contributed by atoms with Crippen molar-refractivity contribution < 1.29 is 9.53 Å². The van der Waals surface area contributed by atoms with Crippen LogP contribution in [-0.2, 0) is 9.53 Å². The number of hydrogen-bond donors (Lipinski definition) is 0. The summed E-state index contributed by atoms with van der Waals surface area (Å²) in [5.41, 5.74) is 2.08. The van der Waals surface area contributed by atoms with E-state index >= 15 is 0 Å². The highest BCUT2D eigenvalue weighted by atomic mass is 35.5. The van der Waals surface area contributed by atoms with E-state index in [1.165, 1.54) is 0 Å². The Hall–Kier alpha value is -1.61. The molecule has 0 saturated heterocycles. The van der Waals surface area contributed by atoms with Gasteiger partial charge < -0.3 is 4.74 Å². The van der Waals surface area contributed by atoms with Crippen LogP contribution in [0.15, 0.2) is 28.9 Å². The summed E-state index contributed by atoms with van der Waals surface area (Å²) in [5.74, 6) is -0.441. The average Bonchev–Trinajstić information content (AvgIpc) is 2.37. The molecule has 0 aliphatic heterocycles. The van der Waals surface area contributed by atoms with E-state index in [1.807, 2.05) is 32.0 Å². The molecule has 0 radical (unpaired) electrons. The lowest BCUT2D eigenvalue weighted by atomic mass is 10.1. The number of aliphatic imine (C=N–C) groups is 1. The van der Waals surface area contributed by atoms with Gasteiger partial charge in [0, 0.05) is 11.2 Å². The van der Waals surface area contributed by atoms with Crippen LogP contribution in [0.3, 0.4) is 0 Å². The summed E-state index contributed by atoms with van der Waals surface area (Å²) in [7, 11) is 0. The number of carbonyl (C=O) groups excluding carboxylic acids is 1. The number of aryl methyl sites for hydroxylation is 1. The van der Waals surface area contributed by atoms with Crippen LogP contribution in [0.1, 0.15) is 31.4 Å². The zero-order valence-corrected chi connectivity index (χ0v) is 12.2. The molecule has 102 valence electrons. The molecule has 0 spiro atoms. The monoisotopic (exact) mass is 279 g/mol. The fraction of sp³-hybridized carbons (Fsp3) is 0.333. The molecular weight excluding hydrogens is 262 g/mol. The van der Waals surface area contributed by atoms with Gasteiger partial charge in [0.1, 0.15) is 5.70 Å². The third-order valence-corrected chi connectivity index (χ3v) is 2.67. The lowest BCUT2D eigenvalue weighted by Crippen LogP contribution is -2.06. The number of nitrogens with zero attached hydrogens (tertiary/aromatic N) is 1. The van der Waals surface area contributed by atoms with Crippen LogP contribution in [0.4, 0.5) is 0 Å². The van der Waals surface area contributed by atoms with Crippen molar-refractivity contribution in [3.8, 4) is 0 Å². The summed E-state index contributed by atoms with van der Waals surface area (Å²) in [6, 6.07) is 5.64. The fourth-order valence-electron chi connectivity index (χ4n) is 1.44. The van der Waals surface area contributed by atoms with Gasteiger partial charge in [-0.15, -0.1) is 0 Å². The minimum absolute atomic E-state index is 0.259. The Morgan fingerprint density at radius 1 is 1.42 bits per heavy atom. The number of ether oxygens (including phenoxy) is 1. The quantitative estimate of drug-likeness (QED) is 0.464. The zero-order chi connectivity index (χ0) is 14.3. The van der Waals surface area contributed by atoms with Crippen molar-refractivity contribution in [3.63, 3.8) is 0 Å². The minimum atomic E-state index is -0.441. The topological polar surface area (TPSA) is 38.7 Å². The summed E-state index contributed by atoms with van der Waals surface area (Å²) in [4.78, 5) is 15.9. The lowest BCUT2D eigenvalue weighted by Gasteiger charge is -2.04. The number of halogens is 1. The third kappa shape index (κ3) is 4.87. The molecule has 0 amide bonds. The van der Waals surface area contributed by atoms with Gasteiger partial charge in [-0.3, -0.25) is 4.99 Å². The van der Waals surface area contributed by atoms with Gasteiger partial charge in [0.25, 0.3) is 0 Å². The second kappa shape index (κ2) is 7.74. The SMILES string of the molecule is CC/C=N/C(=C\c1ccc(C)cc1Cl)C(=O)OCC. The van der Waals surface area contributed by atoms with E-state index in [-0.39, 0.29) is 5.70 Å². The molecule has 0 aliphatic rings. The van der Waals surface area contributed by atoms with Crippen LogP contribution >= 0.6 is 11.6 Å². The maximum atomic E-state index is 11.8. The molecule has 1 rings (SSSR count). The number of rotatable bonds is 5. The van der Waals surface area contributed by atoms with Gasteiger partial charge in [-0.25, -0.2) is 4.79 Å². The molecule has 0 saturated carbocycles. The maximum absolute atomic E-state index is 11.8. The summed E-state index contributed by atoms with van der Waals surface area (Å²) in [5, 5.41) is 0.591. The highest BCUT2D eigenvalue weighted by Gasteiger charge is 2.10. The Morgan fingerprint density at radius 3 is 2.74 bits per heavy atom. The Labute approximate surface area is 118 Å². The molecule has 0 aliphatic carbocycles. The molecule has 0 heterocycles. The normalized spacial score (nSPS) is 11.9. The highest BCUT2D eigenvalue weighted by Crippen LogP contribution is 2.21. The van der Waals surface area contributed by atoms with Crippen molar-refractivity contribution in [3.05, 3.63) is 40.0 Å². The molecule has 0 fully saturated rings. The van der Waals surface area contributed by atoms with Crippen molar-refractivity contribution in [1.82, 2.24) is 0 Å². The highest BCUT2D eigenvalue weighted by molar-refractivity contribution is 6.32. The zero-order valence-electron chi connectivity index (χ0n) is 11.4. The van der Waals surface area contributed by atoms with Gasteiger partial charge in [0.05, 0.1) is 6.61 Å². The summed E-state index contributed by atoms with van der Waals surface area (Å²) >= 11 is 6.14. The number of carbonyl (C=O) groups is 1. The Bertz CT molecular complexity index is 507. The summed E-state index contributed by atoms with van der Waals surface area (Å²) in [6.07, 6.45) is 4.06. The fourth-order valence-corrected chi connectivity index (χ4v) is 1.73. The first kappa shape index (κ1) is 15.4. The van der Waals surface area contributed by atoms with Gasteiger partial charge in [-0.05, 0) is 43.5 Å². The first-order valence-corrected chi connectivity index (χ1v) is 6.63. The van der Waals surface area contributed by atoms with E-state index in [1.54, 1.807) is 19.2 Å². The Balaban J connectivity index is 3.11. The van der Waals surface area contributed by atoms with Crippen molar-refractivity contribution in [2.75, 3.05) is 6.61 Å². The second-order valence-electron chi connectivity index (χ2n) is 3.99. The smallest absolute Gasteiger partial charge is 0.356 e. The maximum Gasteiger partial charge on any atom is 0.356 e. The third-order valence-electron chi connectivity index (χ3n) is 2.35. The standard InChI is InChI=1S/C15H18ClNO2/c1-4-8-17-14(15(18)19-5-2)10-12-7-6-11(3)9-13(12)16/h6-10H,4-5H2,1-3H3/b14-10-,17-8+. The van der Waals surface area contributed by atoms with E-state index in [4.69, 9.17) is 16.3 Å². The average molecular weight is 280 g/mol. The number of hydrogen-bond acceptors (Lipinski definition) is 3. The van der Waals surface area contributed by atoms with Gasteiger partial charge in [0.2, 0.25) is 0 Å². The van der Waals surface area contributed by atoms with Gasteiger partial charge in [-0.2, -0.15) is 0 Å². The molecule has 3 nitrogen and oxygen atoms in total. The Morgan fingerprint density at radius 2 is 2.16 bits per heavy atom. The lowest BCUT2D eigenvalue weighted by molar-refractivity contribution is -0.138. The molecule has 0 aromatic heterocycles. The van der Waals surface area contributed by atoms with E-state index in [0.29, 0.717) is 11.6 Å². The molecule has 19 heavy (non-hydrogen) atoms. The van der Waals surface area contributed by atoms with E-state index < -0.39 is 5.97 Å². The number of esters is 1.